The van der Waals surface area contributed by atoms with Gasteiger partial charge in [0.25, 0.3) is 11.4 Å². The third-order valence-electron chi connectivity index (χ3n) is 4.49. The monoisotopic (exact) mass is 492 g/mol. The van der Waals surface area contributed by atoms with E-state index in [1.807, 2.05) is 18.2 Å². The molecule has 1 aromatic heterocycles. The molecule has 2 aromatic carbocycles. The summed E-state index contributed by atoms with van der Waals surface area (Å²) in [6, 6.07) is 9.21. The average Bonchev–Trinajstić information content (AvgIpc) is 3.30. The molecule has 0 unspecified atom stereocenters. The van der Waals surface area contributed by atoms with E-state index in [1.54, 1.807) is 16.8 Å². The van der Waals surface area contributed by atoms with Gasteiger partial charge >= 0.3 is 0 Å². The minimum Gasteiger partial charge on any atom is -0.491 e. The summed E-state index contributed by atoms with van der Waals surface area (Å²) in [5.41, 5.74) is 2.26. The van der Waals surface area contributed by atoms with Crippen LogP contribution in [0, 0.1) is 20.2 Å². The lowest BCUT2D eigenvalue weighted by Crippen LogP contribution is -2.15. The molecular formula is C21H24N4O8S. The van der Waals surface area contributed by atoms with Crippen LogP contribution in [-0.2, 0) is 14.2 Å². The van der Waals surface area contributed by atoms with Crippen molar-refractivity contribution in [1.29, 1.82) is 0 Å². The SMILES string of the molecule is O=[N+]([O-])c1ccc(NCCOCCOCCOCCOc2ccc3ncsc3c2)c([N+](=O)[O-])c1. The van der Waals surface area contributed by atoms with Gasteiger partial charge in [-0.2, -0.15) is 0 Å². The minimum absolute atomic E-state index is 0.195. The second-order valence-electron chi connectivity index (χ2n) is 6.81. The quantitative estimate of drug-likeness (QED) is 0.178. The summed E-state index contributed by atoms with van der Waals surface area (Å²) in [7, 11) is 0. The molecule has 0 aliphatic carbocycles. The molecule has 0 bridgehead atoms. The Balaban J connectivity index is 1.17. The van der Waals surface area contributed by atoms with Crippen molar-refractivity contribution in [3.05, 3.63) is 62.1 Å². The Kier molecular flexibility index (Phi) is 9.91. The van der Waals surface area contributed by atoms with Crippen molar-refractivity contribution in [3.8, 4) is 5.75 Å². The number of non-ortho nitro benzene ring substituents is 1. The van der Waals surface area contributed by atoms with E-state index in [0.717, 1.165) is 22.0 Å². The lowest BCUT2D eigenvalue weighted by molar-refractivity contribution is -0.393. The fourth-order valence-corrected chi connectivity index (χ4v) is 3.58. The molecule has 0 atom stereocenters. The molecule has 0 saturated carbocycles. The Bertz CT molecular complexity index is 1090. The predicted molar refractivity (Wildman–Crippen MR) is 126 cm³/mol. The van der Waals surface area contributed by atoms with Crippen molar-refractivity contribution in [2.24, 2.45) is 0 Å². The molecule has 0 aliphatic heterocycles. The Morgan fingerprint density at radius 3 is 2.26 bits per heavy atom. The number of aromatic nitrogens is 1. The van der Waals surface area contributed by atoms with Gasteiger partial charge in [-0.25, -0.2) is 4.98 Å². The number of nitrogens with zero attached hydrogens (tertiary/aromatic N) is 3. The normalized spacial score (nSPS) is 10.9. The maximum Gasteiger partial charge on any atom is 0.299 e. The second kappa shape index (κ2) is 13.3. The summed E-state index contributed by atoms with van der Waals surface area (Å²) in [5, 5.41) is 24.7. The summed E-state index contributed by atoms with van der Waals surface area (Å²) in [5.74, 6) is 0.784. The van der Waals surface area contributed by atoms with Crippen molar-refractivity contribution >= 4 is 38.6 Å². The first-order valence-electron chi connectivity index (χ1n) is 10.4. The number of anilines is 1. The van der Waals surface area contributed by atoms with Gasteiger partial charge < -0.3 is 24.3 Å². The van der Waals surface area contributed by atoms with Gasteiger partial charge in [-0.3, -0.25) is 20.2 Å². The van der Waals surface area contributed by atoms with E-state index in [0.29, 0.717) is 52.8 Å². The molecule has 0 fully saturated rings. The van der Waals surface area contributed by atoms with E-state index in [2.05, 4.69) is 10.3 Å². The highest BCUT2D eigenvalue weighted by Crippen LogP contribution is 2.28. The van der Waals surface area contributed by atoms with Gasteiger partial charge in [-0.15, -0.1) is 11.3 Å². The van der Waals surface area contributed by atoms with E-state index in [4.69, 9.17) is 18.9 Å². The van der Waals surface area contributed by atoms with Crippen molar-refractivity contribution in [2.75, 3.05) is 58.1 Å². The van der Waals surface area contributed by atoms with Gasteiger partial charge in [-0.1, -0.05) is 0 Å². The first-order valence-corrected chi connectivity index (χ1v) is 11.3. The van der Waals surface area contributed by atoms with Crippen LogP contribution in [0.2, 0.25) is 0 Å². The molecular weight excluding hydrogens is 468 g/mol. The lowest BCUT2D eigenvalue weighted by atomic mass is 10.2. The Hall–Kier alpha value is -3.39. The third-order valence-corrected chi connectivity index (χ3v) is 5.29. The fraction of sp³-hybridized carbons (Fsp3) is 0.381. The number of nitro groups is 2. The Labute approximate surface area is 198 Å². The van der Waals surface area contributed by atoms with Gasteiger partial charge in [0.2, 0.25) is 0 Å². The molecule has 0 spiro atoms. The molecule has 13 heteroatoms. The first-order chi connectivity index (χ1) is 16.5. The van der Waals surface area contributed by atoms with Crippen LogP contribution >= 0.6 is 11.3 Å². The molecule has 3 rings (SSSR count). The number of nitrogens with one attached hydrogen (secondary N) is 1. The number of nitro benzene ring substituents is 2. The van der Waals surface area contributed by atoms with Crippen LogP contribution in [0.3, 0.4) is 0 Å². The summed E-state index contributed by atoms with van der Waals surface area (Å²) < 4.78 is 23.0. The highest BCUT2D eigenvalue weighted by atomic mass is 32.1. The van der Waals surface area contributed by atoms with Crippen molar-refractivity contribution in [3.63, 3.8) is 0 Å². The van der Waals surface area contributed by atoms with Gasteiger partial charge in [0.1, 0.15) is 18.0 Å². The third kappa shape index (κ3) is 7.88. The van der Waals surface area contributed by atoms with E-state index < -0.39 is 9.85 Å². The highest BCUT2D eigenvalue weighted by molar-refractivity contribution is 7.16. The van der Waals surface area contributed by atoms with Crippen LogP contribution in [-0.4, -0.2) is 67.6 Å². The maximum atomic E-state index is 11.1. The zero-order valence-electron chi connectivity index (χ0n) is 18.2. The number of benzene rings is 2. The molecule has 1 N–H and O–H groups in total. The molecule has 1 heterocycles. The average molecular weight is 493 g/mol. The summed E-state index contributed by atoms with van der Waals surface area (Å²) in [6.07, 6.45) is 0. The zero-order valence-corrected chi connectivity index (χ0v) is 19.0. The van der Waals surface area contributed by atoms with E-state index in [1.165, 1.54) is 12.1 Å². The standard InChI is InChI=1S/C21H24N4O8S/c26-24(27)16-1-3-18(20(13-16)25(28)29)22-5-6-30-7-8-31-9-10-32-11-12-33-17-2-4-19-21(14-17)34-15-23-19/h1-4,13-15,22H,5-12H2. The van der Waals surface area contributed by atoms with E-state index in [-0.39, 0.29) is 17.1 Å². The first kappa shape index (κ1) is 25.2. The van der Waals surface area contributed by atoms with Crippen LogP contribution < -0.4 is 10.1 Å². The summed E-state index contributed by atoms with van der Waals surface area (Å²) in [4.78, 5) is 24.7. The van der Waals surface area contributed by atoms with Gasteiger partial charge in [0.15, 0.2) is 0 Å². The number of rotatable bonds is 16. The molecule has 0 radical (unpaired) electrons. The predicted octanol–water partition coefficient (Wildman–Crippen LogP) is 3.65. The van der Waals surface area contributed by atoms with Gasteiger partial charge in [0.05, 0.1) is 71.3 Å². The second-order valence-corrected chi connectivity index (χ2v) is 7.70. The lowest BCUT2D eigenvalue weighted by Gasteiger charge is -2.09. The molecule has 0 saturated heterocycles. The largest absolute Gasteiger partial charge is 0.491 e. The number of hydrogen-bond acceptors (Lipinski definition) is 11. The number of thiazole rings is 1. The molecule has 0 aliphatic rings. The van der Waals surface area contributed by atoms with Crippen LogP contribution in [0.1, 0.15) is 0 Å². The maximum absolute atomic E-state index is 11.1. The highest BCUT2D eigenvalue weighted by Gasteiger charge is 2.18. The van der Waals surface area contributed by atoms with Crippen LogP contribution in [0.4, 0.5) is 17.1 Å². The molecule has 3 aromatic rings. The van der Waals surface area contributed by atoms with Crippen LogP contribution in [0.25, 0.3) is 10.2 Å². The van der Waals surface area contributed by atoms with Crippen molar-refractivity contribution in [1.82, 2.24) is 4.98 Å². The topological polar surface area (TPSA) is 148 Å². The van der Waals surface area contributed by atoms with E-state index in [9.17, 15) is 20.2 Å². The van der Waals surface area contributed by atoms with Gasteiger partial charge in [-0.05, 0) is 24.3 Å². The van der Waals surface area contributed by atoms with Crippen molar-refractivity contribution < 1.29 is 28.8 Å². The number of fused-ring (bicyclic) bond motifs is 1. The van der Waals surface area contributed by atoms with Crippen molar-refractivity contribution in [2.45, 2.75) is 0 Å². The number of ether oxygens (including phenoxy) is 4. The molecule has 0 amide bonds. The summed E-state index contributed by atoms with van der Waals surface area (Å²) >= 11 is 1.57. The number of hydrogen-bond donors (Lipinski definition) is 1. The van der Waals surface area contributed by atoms with E-state index >= 15 is 0 Å². The zero-order chi connectivity index (χ0) is 24.2. The van der Waals surface area contributed by atoms with Gasteiger partial charge in [0, 0.05) is 12.6 Å². The minimum atomic E-state index is -0.677. The fourth-order valence-electron chi connectivity index (χ4n) is 2.88. The van der Waals surface area contributed by atoms with Crippen LogP contribution in [0.5, 0.6) is 5.75 Å². The Morgan fingerprint density at radius 2 is 1.56 bits per heavy atom. The van der Waals surface area contributed by atoms with Crippen LogP contribution in [0.15, 0.2) is 41.9 Å². The smallest absolute Gasteiger partial charge is 0.299 e. The summed E-state index contributed by atoms with van der Waals surface area (Å²) in [6.45, 7) is 3.07. The Morgan fingerprint density at radius 1 is 0.853 bits per heavy atom. The molecule has 182 valence electrons. The molecule has 34 heavy (non-hydrogen) atoms. The molecule has 12 nitrogen and oxygen atoms in total.